The Morgan fingerprint density at radius 1 is 1.53 bits per heavy atom. The van der Waals surface area contributed by atoms with Crippen LogP contribution in [0.25, 0.3) is 0 Å². The smallest absolute Gasteiger partial charge is 0.145 e. The zero-order valence-electron chi connectivity index (χ0n) is 10.9. The van der Waals surface area contributed by atoms with Crippen LogP contribution < -0.4 is 16.2 Å². The standard InChI is InChI=1S/C11H21N5S/c1-8(5-6-17-4)16(3)11-7-10(15-12)13-9(2)14-11/h7-8H,5-6,12H2,1-4H3,(H,13,14,15). The number of nitrogens with zero attached hydrogens (tertiary/aromatic N) is 3. The number of nitrogens with one attached hydrogen (secondary N) is 1. The lowest BCUT2D eigenvalue weighted by Gasteiger charge is -2.26. The minimum Gasteiger partial charge on any atom is -0.357 e. The van der Waals surface area contributed by atoms with Gasteiger partial charge in [-0.05, 0) is 32.3 Å². The quantitative estimate of drug-likeness (QED) is 0.595. The van der Waals surface area contributed by atoms with E-state index in [1.165, 1.54) is 0 Å². The Hall–Kier alpha value is -1.01. The molecule has 0 aliphatic heterocycles. The van der Waals surface area contributed by atoms with E-state index in [0.717, 1.165) is 23.8 Å². The molecule has 6 heteroatoms. The SMILES string of the molecule is CSCCC(C)N(C)c1cc(NN)nc(C)n1. The van der Waals surface area contributed by atoms with E-state index in [-0.39, 0.29) is 0 Å². The number of nitrogens with two attached hydrogens (primary N) is 1. The van der Waals surface area contributed by atoms with Crippen LogP contribution in [0.2, 0.25) is 0 Å². The number of rotatable bonds is 6. The molecule has 0 fully saturated rings. The summed E-state index contributed by atoms with van der Waals surface area (Å²) in [6.07, 6.45) is 3.25. The van der Waals surface area contributed by atoms with Gasteiger partial charge in [0.15, 0.2) is 0 Å². The number of hydrazine groups is 1. The van der Waals surface area contributed by atoms with Gasteiger partial charge in [-0.15, -0.1) is 0 Å². The van der Waals surface area contributed by atoms with E-state index >= 15 is 0 Å². The minimum atomic E-state index is 0.447. The average Bonchev–Trinajstić information content (AvgIpc) is 2.34. The van der Waals surface area contributed by atoms with E-state index in [1.54, 1.807) is 0 Å². The first-order valence-corrected chi connectivity index (χ1v) is 7.02. The summed E-state index contributed by atoms with van der Waals surface area (Å²) in [6, 6.07) is 2.31. The highest BCUT2D eigenvalue weighted by Crippen LogP contribution is 2.18. The normalized spacial score (nSPS) is 12.3. The fourth-order valence-electron chi connectivity index (χ4n) is 1.51. The maximum atomic E-state index is 5.38. The van der Waals surface area contributed by atoms with Crippen molar-refractivity contribution in [1.82, 2.24) is 9.97 Å². The maximum Gasteiger partial charge on any atom is 0.145 e. The minimum absolute atomic E-state index is 0.447. The summed E-state index contributed by atoms with van der Waals surface area (Å²) in [5.74, 6) is 8.81. The highest BCUT2D eigenvalue weighted by atomic mass is 32.2. The second-order valence-corrected chi connectivity index (χ2v) is 5.03. The summed E-state index contributed by atoms with van der Waals surface area (Å²) >= 11 is 1.86. The van der Waals surface area contributed by atoms with Gasteiger partial charge >= 0.3 is 0 Å². The van der Waals surface area contributed by atoms with E-state index in [0.29, 0.717) is 11.9 Å². The third-order valence-corrected chi connectivity index (χ3v) is 3.38. The zero-order valence-corrected chi connectivity index (χ0v) is 11.7. The molecule has 0 saturated carbocycles. The first kappa shape index (κ1) is 14.1. The predicted molar refractivity (Wildman–Crippen MR) is 75.4 cm³/mol. The molecule has 3 N–H and O–H groups in total. The second kappa shape index (κ2) is 6.66. The van der Waals surface area contributed by atoms with Crippen LogP contribution in [0.3, 0.4) is 0 Å². The van der Waals surface area contributed by atoms with Crippen LogP contribution in [-0.2, 0) is 0 Å². The summed E-state index contributed by atoms with van der Waals surface area (Å²) in [6.45, 7) is 4.06. The predicted octanol–water partition coefficient (Wildman–Crippen LogP) is 1.65. The van der Waals surface area contributed by atoms with E-state index < -0.39 is 0 Å². The molecule has 0 aliphatic carbocycles. The largest absolute Gasteiger partial charge is 0.357 e. The summed E-state index contributed by atoms with van der Waals surface area (Å²) in [4.78, 5) is 10.8. The van der Waals surface area contributed by atoms with Crippen LogP contribution >= 0.6 is 11.8 Å². The number of aromatic nitrogens is 2. The molecule has 0 saturated heterocycles. The van der Waals surface area contributed by atoms with Crippen LogP contribution in [0, 0.1) is 6.92 Å². The Kier molecular flexibility index (Phi) is 5.50. The van der Waals surface area contributed by atoms with E-state index in [2.05, 4.69) is 33.5 Å². The number of hydrogen-bond acceptors (Lipinski definition) is 6. The Morgan fingerprint density at radius 2 is 2.24 bits per heavy atom. The van der Waals surface area contributed by atoms with Crippen molar-refractivity contribution in [2.24, 2.45) is 5.84 Å². The van der Waals surface area contributed by atoms with Crippen molar-refractivity contribution in [3.63, 3.8) is 0 Å². The van der Waals surface area contributed by atoms with Crippen LogP contribution in [0.1, 0.15) is 19.2 Å². The van der Waals surface area contributed by atoms with E-state index in [1.807, 2.05) is 31.8 Å². The molecular formula is C11H21N5S. The molecule has 1 rings (SSSR count). The van der Waals surface area contributed by atoms with Crippen molar-refractivity contribution in [3.05, 3.63) is 11.9 Å². The van der Waals surface area contributed by atoms with Gasteiger partial charge in [0, 0.05) is 19.2 Å². The first-order valence-electron chi connectivity index (χ1n) is 5.62. The Morgan fingerprint density at radius 3 is 2.82 bits per heavy atom. The number of thioether (sulfide) groups is 1. The second-order valence-electron chi connectivity index (χ2n) is 4.04. The number of nitrogen functional groups attached to an aromatic ring is 1. The van der Waals surface area contributed by atoms with Gasteiger partial charge in [0.2, 0.25) is 0 Å². The fourth-order valence-corrected chi connectivity index (χ4v) is 2.09. The highest BCUT2D eigenvalue weighted by Gasteiger charge is 2.12. The summed E-state index contributed by atoms with van der Waals surface area (Å²) in [5.41, 5.74) is 2.56. The topological polar surface area (TPSA) is 67.1 Å². The molecule has 96 valence electrons. The first-order chi connectivity index (χ1) is 8.08. The molecule has 1 atom stereocenters. The Labute approximate surface area is 107 Å². The zero-order chi connectivity index (χ0) is 12.8. The van der Waals surface area contributed by atoms with Crippen molar-refractivity contribution < 1.29 is 0 Å². The van der Waals surface area contributed by atoms with Gasteiger partial charge in [0.05, 0.1) is 0 Å². The highest BCUT2D eigenvalue weighted by molar-refractivity contribution is 7.98. The molecule has 0 aliphatic rings. The monoisotopic (exact) mass is 255 g/mol. The van der Waals surface area contributed by atoms with Gasteiger partial charge in [-0.3, -0.25) is 0 Å². The third-order valence-electron chi connectivity index (χ3n) is 2.73. The molecule has 5 nitrogen and oxygen atoms in total. The molecule has 0 spiro atoms. The van der Waals surface area contributed by atoms with Crippen LogP contribution in [0.5, 0.6) is 0 Å². The summed E-state index contributed by atoms with van der Waals surface area (Å²) in [5, 5.41) is 0. The third kappa shape index (κ3) is 4.05. The van der Waals surface area contributed by atoms with Gasteiger partial charge in [-0.2, -0.15) is 11.8 Å². The van der Waals surface area contributed by atoms with Gasteiger partial charge in [0.1, 0.15) is 17.5 Å². The molecule has 1 unspecified atom stereocenters. The van der Waals surface area contributed by atoms with Gasteiger partial charge in [-0.25, -0.2) is 15.8 Å². The molecule has 0 aromatic carbocycles. The van der Waals surface area contributed by atoms with Gasteiger partial charge < -0.3 is 10.3 Å². The molecule has 0 radical (unpaired) electrons. The van der Waals surface area contributed by atoms with E-state index in [4.69, 9.17) is 5.84 Å². The molecule has 1 aromatic heterocycles. The maximum absolute atomic E-state index is 5.38. The Balaban J connectivity index is 2.80. The van der Waals surface area contributed by atoms with Crippen molar-refractivity contribution in [2.45, 2.75) is 26.3 Å². The van der Waals surface area contributed by atoms with Crippen molar-refractivity contribution in [3.8, 4) is 0 Å². The lowest BCUT2D eigenvalue weighted by Crippen LogP contribution is -2.30. The Bertz CT molecular complexity index is 358. The van der Waals surface area contributed by atoms with Crippen LogP contribution in [-0.4, -0.2) is 35.1 Å². The molecular weight excluding hydrogens is 234 g/mol. The van der Waals surface area contributed by atoms with Gasteiger partial charge in [0.25, 0.3) is 0 Å². The molecule has 1 heterocycles. The van der Waals surface area contributed by atoms with Crippen molar-refractivity contribution in [1.29, 1.82) is 0 Å². The van der Waals surface area contributed by atoms with Crippen molar-refractivity contribution >= 4 is 23.4 Å². The number of hydrogen-bond donors (Lipinski definition) is 2. The average molecular weight is 255 g/mol. The lowest BCUT2D eigenvalue weighted by molar-refractivity contribution is 0.660. The van der Waals surface area contributed by atoms with Crippen molar-refractivity contribution in [2.75, 3.05) is 29.4 Å². The fraction of sp³-hybridized carbons (Fsp3) is 0.636. The lowest BCUT2D eigenvalue weighted by atomic mass is 10.2. The summed E-state index contributed by atoms with van der Waals surface area (Å²) in [7, 11) is 2.05. The molecule has 1 aromatic rings. The van der Waals surface area contributed by atoms with Gasteiger partial charge in [-0.1, -0.05) is 0 Å². The summed E-state index contributed by atoms with van der Waals surface area (Å²) < 4.78 is 0. The van der Waals surface area contributed by atoms with Crippen LogP contribution in [0.15, 0.2) is 6.07 Å². The molecule has 17 heavy (non-hydrogen) atoms. The van der Waals surface area contributed by atoms with E-state index in [9.17, 15) is 0 Å². The number of anilines is 2. The molecule has 0 amide bonds. The van der Waals surface area contributed by atoms with Crippen LogP contribution in [0.4, 0.5) is 11.6 Å². The number of aryl methyl sites for hydroxylation is 1. The molecule has 0 bridgehead atoms.